The molecule has 1 N–H and O–H groups in total. The molecule has 0 amide bonds. The van der Waals surface area contributed by atoms with Gasteiger partial charge in [0.1, 0.15) is 5.75 Å². The van der Waals surface area contributed by atoms with Gasteiger partial charge < -0.3 is 10.1 Å². The molecule has 0 fully saturated rings. The van der Waals surface area contributed by atoms with Crippen molar-refractivity contribution in [2.45, 2.75) is 13.8 Å². The summed E-state index contributed by atoms with van der Waals surface area (Å²) in [6.07, 6.45) is 0. The van der Waals surface area contributed by atoms with Gasteiger partial charge in [-0.15, -0.1) is 5.10 Å². The van der Waals surface area contributed by atoms with Crippen LogP contribution in [0, 0.1) is 13.8 Å². The zero-order chi connectivity index (χ0) is 19.5. The summed E-state index contributed by atoms with van der Waals surface area (Å²) in [5.41, 5.74) is 5.29. The Morgan fingerprint density at radius 2 is 1.39 bits per heavy atom. The predicted octanol–water partition coefficient (Wildman–Crippen LogP) is 5.30. The molecule has 0 radical (unpaired) electrons. The number of aryl methyl sites for hydroxylation is 2. The number of benzene rings is 3. The molecule has 1 aromatic heterocycles. The van der Waals surface area contributed by atoms with Crippen molar-refractivity contribution in [2.75, 3.05) is 12.4 Å². The van der Waals surface area contributed by atoms with E-state index in [-0.39, 0.29) is 0 Å². The highest BCUT2D eigenvalue weighted by molar-refractivity contribution is 5.62. The number of nitrogens with zero attached hydrogens (tertiary/aromatic N) is 3. The Labute approximate surface area is 164 Å². The van der Waals surface area contributed by atoms with E-state index < -0.39 is 0 Å². The maximum atomic E-state index is 5.27. The van der Waals surface area contributed by atoms with Crippen LogP contribution in [0.1, 0.15) is 11.1 Å². The Morgan fingerprint density at radius 1 is 0.786 bits per heavy atom. The van der Waals surface area contributed by atoms with Crippen LogP contribution in [-0.2, 0) is 0 Å². The van der Waals surface area contributed by atoms with E-state index in [9.17, 15) is 0 Å². The minimum absolute atomic E-state index is 0.551. The fourth-order valence-electron chi connectivity index (χ4n) is 2.92. The summed E-state index contributed by atoms with van der Waals surface area (Å²) in [4.78, 5) is 4.76. The Hall–Kier alpha value is -3.60. The van der Waals surface area contributed by atoms with E-state index in [4.69, 9.17) is 14.8 Å². The lowest BCUT2D eigenvalue weighted by atomic mass is 10.1. The molecule has 5 nitrogen and oxygen atoms in total. The number of nitrogens with one attached hydrogen (secondary N) is 1. The topological polar surface area (TPSA) is 52.0 Å². The van der Waals surface area contributed by atoms with Gasteiger partial charge >= 0.3 is 0 Å². The zero-order valence-corrected chi connectivity index (χ0v) is 16.2. The van der Waals surface area contributed by atoms with Crippen LogP contribution in [0.4, 0.5) is 11.6 Å². The van der Waals surface area contributed by atoms with Gasteiger partial charge in [-0.25, -0.2) is 4.68 Å². The van der Waals surface area contributed by atoms with Gasteiger partial charge in [0.05, 0.1) is 12.8 Å². The molecule has 0 saturated heterocycles. The van der Waals surface area contributed by atoms with Crippen LogP contribution in [0.5, 0.6) is 5.75 Å². The first-order valence-electron chi connectivity index (χ1n) is 9.14. The smallest absolute Gasteiger partial charge is 0.247 e. The quantitative estimate of drug-likeness (QED) is 0.518. The van der Waals surface area contributed by atoms with E-state index in [1.165, 1.54) is 11.1 Å². The lowest BCUT2D eigenvalue weighted by Crippen LogP contribution is -2.00. The van der Waals surface area contributed by atoms with Gasteiger partial charge in [0, 0.05) is 11.3 Å². The number of hydrogen-bond donors (Lipinski definition) is 1. The molecule has 0 spiro atoms. The van der Waals surface area contributed by atoms with Crippen LogP contribution in [0.2, 0.25) is 0 Å². The number of hydrogen-bond acceptors (Lipinski definition) is 4. The number of aromatic nitrogens is 3. The van der Waals surface area contributed by atoms with E-state index in [1.54, 1.807) is 7.11 Å². The zero-order valence-electron chi connectivity index (χ0n) is 16.2. The second kappa shape index (κ2) is 7.56. The Morgan fingerprint density at radius 3 is 2.00 bits per heavy atom. The van der Waals surface area contributed by atoms with Crippen LogP contribution in [0.25, 0.3) is 17.1 Å². The molecule has 0 bridgehead atoms. The largest absolute Gasteiger partial charge is 0.497 e. The molecular formula is C23H22N4O. The van der Waals surface area contributed by atoms with Crippen LogP contribution >= 0.6 is 0 Å². The van der Waals surface area contributed by atoms with E-state index in [1.807, 2.05) is 41.1 Å². The molecule has 1 heterocycles. The average Bonchev–Trinajstić information content (AvgIpc) is 3.14. The predicted molar refractivity (Wildman–Crippen MR) is 113 cm³/mol. The normalized spacial score (nSPS) is 10.7. The molecule has 0 aliphatic carbocycles. The van der Waals surface area contributed by atoms with Crippen molar-refractivity contribution >= 4 is 11.6 Å². The Bertz CT molecular complexity index is 1070. The fraction of sp³-hybridized carbons (Fsp3) is 0.130. The monoisotopic (exact) mass is 370 g/mol. The molecular weight excluding hydrogens is 348 g/mol. The van der Waals surface area contributed by atoms with E-state index in [0.717, 1.165) is 28.5 Å². The van der Waals surface area contributed by atoms with Gasteiger partial charge in [0.15, 0.2) is 5.82 Å². The third kappa shape index (κ3) is 3.74. The first kappa shape index (κ1) is 17.8. The molecule has 140 valence electrons. The lowest BCUT2D eigenvalue weighted by molar-refractivity contribution is 0.414. The first-order valence-corrected chi connectivity index (χ1v) is 9.14. The fourth-order valence-corrected chi connectivity index (χ4v) is 2.92. The second-order valence-electron chi connectivity index (χ2n) is 6.73. The molecule has 4 rings (SSSR count). The molecule has 4 aromatic rings. The number of methoxy groups -OCH3 is 1. The minimum Gasteiger partial charge on any atom is -0.497 e. The third-order valence-electron chi connectivity index (χ3n) is 4.54. The maximum Gasteiger partial charge on any atom is 0.247 e. The third-order valence-corrected chi connectivity index (χ3v) is 4.54. The summed E-state index contributed by atoms with van der Waals surface area (Å²) < 4.78 is 7.12. The molecule has 28 heavy (non-hydrogen) atoms. The average molecular weight is 370 g/mol. The molecule has 5 heteroatoms. The summed E-state index contributed by atoms with van der Waals surface area (Å²) in [5.74, 6) is 2.13. The SMILES string of the molecule is COc1ccc(-n2nc(Nc3ccc(C)cc3)nc2-c2ccc(C)cc2)cc1. The molecule has 0 aliphatic rings. The van der Waals surface area contributed by atoms with Crippen molar-refractivity contribution in [2.24, 2.45) is 0 Å². The van der Waals surface area contributed by atoms with E-state index >= 15 is 0 Å². The molecule has 0 atom stereocenters. The van der Waals surface area contributed by atoms with Gasteiger partial charge in [-0.05, 0) is 50.2 Å². The van der Waals surface area contributed by atoms with Crippen molar-refractivity contribution in [3.05, 3.63) is 83.9 Å². The van der Waals surface area contributed by atoms with Gasteiger partial charge in [0.25, 0.3) is 0 Å². The molecule has 0 saturated carbocycles. The van der Waals surface area contributed by atoms with Gasteiger partial charge in [0.2, 0.25) is 5.95 Å². The molecule has 0 aliphatic heterocycles. The summed E-state index contributed by atoms with van der Waals surface area (Å²) in [5, 5.41) is 8.00. The van der Waals surface area contributed by atoms with Crippen molar-refractivity contribution in [3.8, 4) is 22.8 Å². The van der Waals surface area contributed by atoms with Crippen LogP contribution < -0.4 is 10.1 Å². The number of rotatable bonds is 5. The lowest BCUT2D eigenvalue weighted by Gasteiger charge is -2.07. The van der Waals surface area contributed by atoms with Gasteiger partial charge in [-0.2, -0.15) is 4.98 Å². The van der Waals surface area contributed by atoms with Crippen molar-refractivity contribution in [1.29, 1.82) is 0 Å². The van der Waals surface area contributed by atoms with Crippen molar-refractivity contribution in [1.82, 2.24) is 14.8 Å². The van der Waals surface area contributed by atoms with Gasteiger partial charge in [-0.3, -0.25) is 0 Å². The maximum absolute atomic E-state index is 5.27. The Kier molecular flexibility index (Phi) is 4.81. The molecule has 3 aromatic carbocycles. The summed E-state index contributed by atoms with van der Waals surface area (Å²) >= 11 is 0. The van der Waals surface area contributed by atoms with E-state index in [0.29, 0.717) is 5.95 Å². The van der Waals surface area contributed by atoms with Crippen molar-refractivity contribution in [3.63, 3.8) is 0 Å². The summed E-state index contributed by atoms with van der Waals surface area (Å²) in [6.45, 7) is 4.14. The van der Waals surface area contributed by atoms with E-state index in [2.05, 4.69) is 55.6 Å². The Balaban J connectivity index is 1.76. The van der Waals surface area contributed by atoms with Crippen LogP contribution in [0.3, 0.4) is 0 Å². The summed E-state index contributed by atoms with van der Waals surface area (Å²) in [6, 6.07) is 24.2. The highest BCUT2D eigenvalue weighted by atomic mass is 16.5. The number of anilines is 2. The molecule has 0 unspecified atom stereocenters. The highest BCUT2D eigenvalue weighted by Gasteiger charge is 2.14. The first-order chi connectivity index (χ1) is 13.6. The highest BCUT2D eigenvalue weighted by Crippen LogP contribution is 2.25. The second-order valence-corrected chi connectivity index (χ2v) is 6.73. The van der Waals surface area contributed by atoms with Crippen LogP contribution in [-0.4, -0.2) is 21.9 Å². The minimum atomic E-state index is 0.551. The standard InChI is InChI=1S/C23H22N4O/c1-16-4-8-18(9-5-16)22-25-23(24-19-10-6-17(2)7-11-19)26-27(22)20-12-14-21(28-3)15-13-20/h4-15H,1-3H3,(H,24,26). The van der Waals surface area contributed by atoms with Crippen molar-refractivity contribution < 1.29 is 4.74 Å². The summed E-state index contributed by atoms with van der Waals surface area (Å²) in [7, 11) is 1.66. The number of ether oxygens (including phenoxy) is 1. The van der Waals surface area contributed by atoms with Crippen LogP contribution in [0.15, 0.2) is 72.8 Å². The van der Waals surface area contributed by atoms with Gasteiger partial charge in [-0.1, -0.05) is 47.5 Å².